The van der Waals surface area contributed by atoms with Gasteiger partial charge in [0.2, 0.25) is 0 Å². The van der Waals surface area contributed by atoms with Crippen molar-refractivity contribution in [1.29, 1.82) is 0 Å². The van der Waals surface area contributed by atoms with Gasteiger partial charge in [0.05, 0.1) is 13.2 Å². The highest BCUT2D eigenvalue weighted by Crippen LogP contribution is 2.46. The van der Waals surface area contributed by atoms with Gasteiger partial charge in [0, 0.05) is 12.1 Å². The number of aromatic nitrogens is 1. The first-order valence-electron chi connectivity index (χ1n) is 8.72. The average molecular weight is 343 g/mol. The van der Waals surface area contributed by atoms with Crippen LogP contribution in [0.3, 0.4) is 0 Å². The van der Waals surface area contributed by atoms with Gasteiger partial charge in [0.25, 0.3) is 0 Å². The average Bonchev–Trinajstić information content (AvgIpc) is 2.55. The quantitative estimate of drug-likeness (QED) is 0.231. The molecule has 1 aromatic rings. The van der Waals surface area contributed by atoms with Crippen molar-refractivity contribution in [1.82, 2.24) is 0 Å². The summed E-state index contributed by atoms with van der Waals surface area (Å²) in [6.45, 7) is 4.97. The molecule has 0 bridgehead atoms. The largest absolute Gasteiger partial charge is 0.618 e. The summed E-state index contributed by atoms with van der Waals surface area (Å²) in [4.78, 5) is 0. The molecular formula is C17H30NO4P. The SMILES string of the molecule is CCCCCCOP(=O)(OCCCCCC)c1cccc[n+]1[O-]. The monoisotopic (exact) mass is 343 g/mol. The molecule has 0 aromatic carbocycles. The summed E-state index contributed by atoms with van der Waals surface area (Å²) < 4.78 is 24.7. The zero-order chi connectivity index (χ0) is 17.0. The van der Waals surface area contributed by atoms with Gasteiger partial charge < -0.3 is 14.3 Å². The van der Waals surface area contributed by atoms with E-state index in [1.807, 2.05) is 0 Å². The Labute approximate surface area is 140 Å². The van der Waals surface area contributed by atoms with Gasteiger partial charge in [-0.15, -0.1) is 0 Å². The second-order valence-corrected chi connectivity index (χ2v) is 7.64. The summed E-state index contributed by atoms with van der Waals surface area (Å²) in [6.07, 6.45) is 9.53. The Morgan fingerprint density at radius 1 is 0.957 bits per heavy atom. The van der Waals surface area contributed by atoms with Crippen molar-refractivity contribution >= 4 is 13.0 Å². The summed E-state index contributed by atoms with van der Waals surface area (Å²) in [6, 6.07) is 4.80. The first-order chi connectivity index (χ1) is 11.1. The lowest BCUT2D eigenvalue weighted by atomic mass is 10.2. The van der Waals surface area contributed by atoms with Gasteiger partial charge in [-0.25, -0.2) is 4.57 Å². The fourth-order valence-electron chi connectivity index (χ4n) is 2.23. The zero-order valence-electron chi connectivity index (χ0n) is 14.4. The van der Waals surface area contributed by atoms with E-state index in [4.69, 9.17) is 9.05 Å². The van der Waals surface area contributed by atoms with Gasteiger partial charge in [-0.3, -0.25) is 0 Å². The molecule has 1 rings (SSSR count). The molecule has 0 saturated heterocycles. The van der Waals surface area contributed by atoms with E-state index < -0.39 is 7.60 Å². The third-order valence-corrected chi connectivity index (χ3v) is 5.55. The van der Waals surface area contributed by atoms with Crippen LogP contribution in [0, 0.1) is 5.21 Å². The molecular weight excluding hydrogens is 313 g/mol. The minimum atomic E-state index is -3.56. The Hall–Kier alpha value is -0.900. The molecule has 0 aliphatic carbocycles. The maximum Gasteiger partial charge on any atom is 0.425 e. The highest BCUT2D eigenvalue weighted by molar-refractivity contribution is 7.61. The number of nitrogens with zero attached hydrogens (tertiary/aromatic N) is 1. The first-order valence-corrected chi connectivity index (χ1v) is 10.3. The summed E-state index contributed by atoms with van der Waals surface area (Å²) in [5, 5.41) is 11.9. The summed E-state index contributed by atoms with van der Waals surface area (Å²) in [5.41, 5.74) is 0.0750. The number of hydrogen-bond acceptors (Lipinski definition) is 4. The maximum absolute atomic E-state index is 13.0. The Bertz CT molecular complexity index is 463. The summed E-state index contributed by atoms with van der Waals surface area (Å²) in [7, 11) is -3.56. The molecule has 0 saturated carbocycles. The van der Waals surface area contributed by atoms with E-state index in [-0.39, 0.29) is 5.44 Å². The molecule has 0 radical (unpaired) electrons. The van der Waals surface area contributed by atoms with E-state index in [0.717, 1.165) is 51.4 Å². The van der Waals surface area contributed by atoms with Crippen LogP contribution < -0.4 is 10.2 Å². The fourth-order valence-corrected chi connectivity index (χ4v) is 3.88. The van der Waals surface area contributed by atoms with E-state index in [0.29, 0.717) is 17.9 Å². The molecule has 0 unspecified atom stereocenters. The summed E-state index contributed by atoms with van der Waals surface area (Å²) in [5.74, 6) is 0. The molecule has 5 nitrogen and oxygen atoms in total. The van der Waals surface area contributed by atoms with Crippen LogP contribution in [0.4, 0.5) is 0 Å². The Morgan fingerprint density at radius 2 is 1.52 bits per heavy atom. The van der Waals surface area contributed by atoms with Gasteiger partial charge in [0.15, 0.2) is 6.20 Å². The third kappa shape index (κ3) is 7.47. The fraction of sp³-hybridized carbons (Fsp3) is 0.706. The topological polar surface area (TPSA) is 62.5 Å². The highest BCUT2D eigenvalue weighted by Gasteiger charge is 2.35. The number of rotatable bonds is 13. The Kier molecular flexibility index (Phi) is 10.2. The van der Waals surface area contributed by atoms with Crippen molar-refractivity contribution in [3.05, 3.63) is 29.6 Å². The molecule has 0 aliphatic heterocycles. The van der Waals surface area contributed by atoms with E-state index in [2.05, 4.69) is 13.8 Å². The number of pyridine rings is 1. The van der Waals surface area contributed by atoms with Gasteiger partial charge in [-0.2, -0.15) is 4.73 Å². The normalized spacial score (nSPS) is 11.7. The minimum Gasteiger partial charge on any atom is -0.618 e. The van der Waals surface area contributed by atoms with Crippen LogP contribution in [0.5, 0.6) is 0 Å². The Morgan fingerprint density at radius 3 is 2.00 bits per heavy atom. The van der Waals surface area contributed by atoms with Gasteiger partial charge in [0.1, 0.15) is 0 Å². The van der Waals surface area contributed by atoms with Gasteiger partial charge in [-0.05, 0) is 18.9 Å². The van der Waals surface area contributed by atoms with E-state index >= 15 is 0 Å². The van der Waals surface area contributed by atoms with Gasteiger partial charge >= 0.3 is 13.0 Å². The molecule has 132 valence electrons. The van der Waals surface area contributed by atoms with Crippen molar-refractivity contribution in [3.63, 3.8) is 0 Å². The Balaban J connectivity index is 2.63. The van der Waals surface area contributed by atoms with E-state index in [1.165, 1.54) is 12.3 Å². The predicted octanol–water partition coefficient (Wildman–Crippen LogP) is 4.33. The van der Waals surface area contributed by atoms with Crippen LogP contribution >= 0.6 is 7.60 Å². The van der Waals surface area contributed by atoms with Crippen molar-refractivity contribution in [3.8, 4) is 0 Å². The second-order valence-electron chi connectivity index (χ2n) is 5.67. The standard InChI is InChI=1S/C17H30NO4P/c1-3-5-7-11-15-21-23(20,22-16-12-8-6-4-2)17-13-9-10-14-18(17)19/h9-10,13-14H,3-8,11-12,15-16H2,1-2H3. The van der Waals surface area contributed by atoms with Crippen LogP contribution in [0.2, 0.25) is 0 Å². The number of unbranched alkanes of at least 4 members (excludes halogenated alkanes) is 6. The zero-order valence-corrected chi connectivity index (χ0v) is 15.3. The molecule has 0 atom stereocenters. The molecule has 0 aliphatic rings. The molecule has 0 amide bonds. The van der Waals surface area contributed by atoms with Crippen LogP contribution in [0.25, 0.3) is 0 Å². The van der Waals surface area contributed by atoms with Crippen molar-refractivity contribution in [2.75, 3.05) is 13.2 Å². The van der Waals surface area contributed by atoms with Crippen molar-refractivity contribution in [2.24, 2.45) is 0 Å². The van der Waals surface area contributed by atoms with Crippen LogP contribution in [0.1, 0.15) is 65.2 Å². The van der Waals surface area contributed by atoms with Crippen LogP contribution in [-0.2, 0) is 13.6 Å². The minimum absolute atomic E-state index is 0.0750. The molecule has 23 heavy (non-hydrogen) atoms. The highest BCUT2D eigenvalue weighted by atomic mass is 31.2. The van der Waals surface area contributed by atoms with Gasteiger partial charge in [-0.1, -0.05) is 52.4 Å². The lowest BCUT2D eigenvalue weighted by Crippen LogP contribution is -2.44. The molecule has 6 heteroatoms. The van der Waals surface area contributed by atoms with Crippen LogP contribution in [0.15, 0.2) is 24.4 Å². The molecule has 0 spiro atoms. The lowest BCUT2D eigenvalue weighted by Gasteiger charge is -2.17. The first kappa shape index (κ1) is 20.1. The maximum atomic E-state index is 13.0. The molecule has 1 aromatic heterocycles. The number of hydrogen-bond donors (Lipinski definition) is 0. The van der Waals surface area contributed by atoms with E-state index in [9.17, 15) is 9.77 Å². The smallest absolute Gasteiger partial charge is 0.425 e. The second kappa shape index (κ2) is 11.6. The molecule has 0 N–H and O–H groups in total. The molecule has 1 heterocycles. The van der Waals surface area contributed by atoms with Crippen molar-refractivity contribution in [2.45, 2.75) is 65.2 Å². The van der Waals surface area contributed by atoms with Crippen molar-refractivity contribution < 1.29 is 18.3 Å². The predicted molar refractivity (Wildman–Crippen MR) is 92.8 cm³/mol. The summed E-state index contributed by atoms with van der Waals surface area (Å²) >= 11 is 0. The van der Waals surface area contributed by atoms with Crippen LogP contribution in [-0.4, -0.2) is 13.2 Å². The lowest BCUT2D eigenvalue weighted by molar-refractivity contribution is -0.587. The molecule has 0 fully saturated rings. The van der Waals surface area contributed by atoms with E-state index in [1.54, 1.807) is 12.1 Å². The third-order valence-electron chi connectivity index (χ3n) is 3.60.